The summed E-state index contributed by atoms with van der Waals surface area (Å²) in [6, 6.07) is 19.8. The molecule has 0 saturated carbocycles. The Labute approximate surface area is 212 Å². The molecule has 0 fully saturated rings. The molecular weight excluding hydrogens is 460 g/mol. The molecule has 0 spiro atoms. The lowest BCUT2D eigenvalue weighted by Gasteiger charge is -2.20. The average molecular weight is 495 g/mol. The molecule has 0 saturated heterocycles. The van der Waals surface area contributed by atoms with Crippen LogP contribution < -0.4 is 10.1 Å². The van der Waals surface area contributed by atoms with Gasteiger partial charge in [-0.1, -0.05) is 13.8 Å². The van der Waals surface area contributed by atoms with Crippen molar-refractivity contribution in [2.24, 2.45) is 5.92 Å². The molecule has 2 aromatic carbocycles. The van der Waals surface area contributed by atoms with Crippen molar-refractivity contribution in [3.05, 3.63) is 66.4 Å². The summed E-state index contributed by atoms with van der Waals surface area (Å²) in [6.45, 7) is 5.84. The van der Waals surface area contributed by atoms with Gasteiger partial charge in [-0.15, -0.1) is 11.8 Å². The van der Waals surface area contributed by atoms with Crippen LogP contribution in [0.1, 0.15) is 32.9 Å². The van der Waals surface area contributed by atoms with E-state index in [0.717, 1.165) is 28.4 Å². The van der Waals surface area contributed by atoms with E-state index in [1.807, 2.05) is 38.1 Å². The van der Waals surface area contributed by atoms with E-state index in [1.54, 1.807) is 25.8 Å². The quantitative estimate of drug-likeness (QED) is 0.281. The summed E-state index contributed by atoms with van der Waals surface area (Å²) in [4.78, 5) is 26.2. The van der Waals surface area contributed by atoms with Gasteiger partial charge >= 0.3 is 5.97 Å². The highest BCUT2D eigenvalue weighted by Gasteiger charge is 2.25. The number of aryl methyl sites for hydroxylation is 1. The fourth-order valence-electron chi connectivity index (χ4n) is 3.91. The molecule has 1 amide bonds. The summed E-state index contributed by atoms with van der Waals surface area (Å²) < 4.78 is 12.6. The zero-order valence-corrected chi connectivity index (χ0v) is 21.9. The Kier molecular flexibility index (Phi) is 9.43. The van der Waals surface area contributed by atoms with Crippen molar-refractivity contribution in [2.75, 3.05) is 20.0 Å². The Morgan fingerprint density at radius 1 is 1.00 bits per heavy atom. The molecule has 3 aromatic rings. The molecule has 1 heterocycles. The molecule has 0 bridgehead atoms. The number of ether oxygens (including phenoxy) is 2. The maximum atomic E-state index is 12.8. The Morgan fingerprint density at radius 2 is 1.69 bits per heavy atom. The van der Waals surface area contributed by atoms with Gasteiger partial charge in [0.15, 0.2) is 0 Å². The van der Waals surface area contributed by atoms with Crippen molar-refractivity contribution in [2.45, 2.75) is 44.6 Å². The Hall–Kier alpha value is -3.19. The zero-order chi connectivity index (χ0) is 25.4. The summed E-state index contributed by atoms with van der Waals surface area (Å²) in [5.41, 5.74) is 4.13. The smallest absolute Gasteiger partial charge is 0.328 e. The van der Waals surface area contributed by atoms with Crippen LogP contribution in [0.2, 0.25) is 0 Å². The van der Waals surface area contributed by atoms with Gasteiger partial charge in [0.05, 0.1) is 19.4 Å². The van der Waals surface area contributed by atoms with E-state index in [1.165, 1.54) is 4.90 Å². The minimum Gasteiger partial charge on any atom is -0.497 e. The second-order valence-corrected chi connectivity index (χ2v) is 9.39. The van der Waals surface area contributed by atoms with Crippen molar-refractivity contribution in [1.82, 2.24) is 9.88 Å². The van der Waals surface area contributed by atoms with Crippen molar-refractivity contribution < 1.29 is 19.1 Å². The topological polar surface area (TPSA) is 69.6 Å². The van der Waals surface area contributed by atoms with E-state index in [0.29, 0.717) is 6.42 Å². The summed E-state index contributed by atoms with van der Waals surface area (Å²) in [6.07, 6.45) is 2.84. The average Bonchev–Trinajstić information content (AvgIpc) is 3.30. The van der Waals surface area contributed by atoms with E-state index in [4.69, 9.17) is 9.47 Å². The molecule has 35 heavy (non-hydrogen) atoms. The number of rotatable bonds is 11. The Bertz CT molecular complexity index is 1120. The fourth-order valence-corrected chi connectivity index (χ4v) is 4.32. The van der Waals surface area contributed by atoms with Gasteiger partial charge in [-0.25, -0.2) is 4.79 Å². The van der Waals surface area contributed by atoms with Gasteiger partial charge in [-0.05, 0) is 91.7 Å². The molecule has 3 rings (SSSR count). The number of thioether (sulfide) groups is 1. The summed E-state index contributed by atoms with van der Waals surface area (Å²) in [5, 5.41) is 2.86. The van der Waals surface area contributed by atoms with Gasteiger partial charge in [0.1, 0.15) is 11.8 Å². The first-order valence-electron chi connectivity index (χ1n) is 11.8. The van der Waals surface area contributed by atoms with Crippen LogP contribution in [0, 0.1) is 5.92 Å². The number of esters is 1. The minimum atomic E-state index is -0.650. The number of carbonyl (C=O) groups excluding carboxylic acids is 2. The van der Waals surface area contributed by atoms with Crippen molar-refractivity contribution in [3.8, 4) is 22.7 Å². The molecule has 0 radical (unpaired) electrons. The predicted octanol–water partition coefficient (Wildman–Crippen LogP) is 5.51. The monoisotopic (exact) mass is 494 g/mol. The van der Waals surface area contributed by atoms with Crippen LogP contribution in [0.15, 0.2) is 65.6 Å². The first kappa shape index (κ1) is 26.4. The van der Waals surface area contributed by atoms with E-state index in [-0.39, 0.29) is 24.9 Å². The number of hydrogen-bond donors (Lipinski definition) is 1. The standard InChI is InChI=1S/C28H34N2O4S/c1-6-34-28(32)27(19(2)3)29-26(31)18-12-22-11-17-25(20-7-13-23(33-4)14-8-20)30(22)21-9-15-24(35-5)16-10-21/h7-11,13-17,19,27H,6,12,18H2,1-5H3,(H,29,31)/t27-/m0/s1. The molecular formula is C28H34N2O4S. The van der Waals surface area contributed by atoms with Crippen LogP contribution in [0.5, 0.6) is 5.75 Å². The highest BCUT2D eigenvalue weighted by atomic mass is 32.2. The normalized spacial score (nSPS) is 11.8. The lowest BCUT2D eigenvalue weighted by molar-refractivity contribution is -0.148. The first-order chi connectivity index (χ1) is 16.9. The molecule has 0 aliphatic carbocycles. The number of aromatic nitrogens is 1. The number of amides is 1. The fraction of sp³-hybridized carbons (Fsp3) is 0.357. The molecule has 1 N–H and O–H groups in total. The number of nitrogens with one attached hydrogen (secondary N) is 1. The third-order valence-corrected chi connectivity index (χ3v) is 6.55. The molecule has 6 nitrogen and oxygen atoms in total. The predicted molar refractivity (Wildman–Crippen MR) is 141 cm³/mol. The molecule has 0 aliphatic rings. The third-order valence-electron chi connectivity index (χ3n) is 5.81. The van der Waals surface area contributed by atoms with Gasteiger partial charge < -0.3 is 19.4 Å². The van der Waals surface area contributed by atoms with E-state index in [9.17, 15) is 9.59 Å². The first-order valence-corrected chi connectivity index (χ1v) is 13.1. The van der Waals surface area contributed by atoms with Gasteiger partial charge in [-0.3, -0.25) is 4.79 Å². The largest absolute Gasteiger partial charge is 0.497 e. The van der Waals surface area contributed by atoms with Gasteiger partial charge in [0.25, 0.3) is 0 Å². The number of methoxy groups -OCH3 is 1. The zero-order valence-electron chi connectivity index (χ0n) is 21.0. The van der Waals surface area contributed by atoms with Crippen LogP contribution in [-0.2, 0) is 20.7 Å². The molecule has 0 unspecified atom stereocenters. The maximum absolute atomic E-state index is 12.8. The van der Waals surface area contributed by atoms with Gasteiger partial charge in [0, 0.05) is 22.7 Å². The van der Waals surface area contributed by atoms with Crippen molar-refractivity contribution in [1.29, 1.82) is 0 Å². The summed E-state index contributed by atoms with van der Waals surface area (Å²) in [7, 11) is 1.65. The molecule has 1 aromatic heterocycles. The lowest BCUT2D eigenvalue weighted by atomic mass is 10.0. The maximum Gasteiger partial charge on any atom is 0.328 e. The molecule has 0 aliphatic heterocycles. The highest BCUT2D eigenvalue weighted by molar-refractivity contribution is 7.98. The molecule has 186 valence electrons. The number of carbonyl (C=O) groups is 2. The van der Waals surface area contributed by atoms with E-state index >= 15 is 0 Å². The van der Waals surface area contributed by atoms with Crippen molar-refractivity contribution >= 4 is 23.6 Å². The Balaban J connectivity index is 1.86. The van der Waals surface area contributed by atoms with Gasteiger partial charge in [-0.2, -0.15) is 0 Å². The van der Waals surface area contributed by atoms with Crippen LogP contribution in [0.25, 0.3) is 16.9 Å². The summed E-state index contributed by atoms with van der Waals surface area (Å²) >= 11 is 1.70. The van der Waals surface area contributed by atoms with E-state index in [2.05, 4.69) is 52.5 Å². The SMILES string of the molecule is CCOC(=O)[C@@H](NC(=O)CCc1ccc(-c2ccc(OC)cc2)n1-c1ccc(SC)cc1)C(C)C. The van der Waals surface area contributed by atoms with Gasteiger partial charge in [0.2, 0.25) is 5.91 Å². The summed E-state index contributed by atoms with van der Waals surface area (Å²) in [5.74, 6) is 0.177. The molecule has 7 heteroatoms. The number of hydrogen-bond acceptors (Lipinski definition) is 5. The van der Waals surface area contributed by atoms with Crippen molar-refractivity contribution in [3.63, 3.8) is 0 Å². The highest BCUT2D eigenvalue weighted by Crippen LogP contribution is 2.30. The number of benzene rings is 2. The van der Waals surface area contributed by atoms with Crippen LogP contribution in [0.4, 0.5) is 0 Å². The third kappa shape index (κ3) is 6.69. The van der Waals surface area contributed by atoms with Crippen LogP contribution >= 0.6 is 11.8 Å². The van der Waals surface area contributed by atoms with Crippen LogP contribution in [0.3, 0.4) is 0 Å². The number of nitrogens with zero attached hydrogens (tertiary/aromatic N) is 1. The molecule has 1 atom stereocenters. The second kappa shape index (κ2) is 12.5. The lowest BCUT2D eigenvalue weighted by Crippen LogP contribution is -2.45. The second-order valence-electron chi connectivity index (χ2n) is 8.51. The minimum absolute atomic E-state index is 0.0570. The Morgan fingerprint density at radius 3 is 2.26 bits per heavy atom. The van der Waals surface area contributed by atoms with E-state index < -0.39 is 12.0 Å². The van der Waals surface area contributed by atoms with Crippen LogP contribution in [-0.4, -0.2) is 42.5 Å².